The second-order valence-corrected chi connectivity index (χ2v) is 8.95. The second kappa shape index (κ2) is 11.8. The Morgan fingerprint density at radius 1 is 0.688 bits per heavy atom. The van der Waals surface area contributed by atoms with Crippen molar-refractivity contribution in [2.75, 3.05) is 0 Å². The molecular formula is C27H34F4O. The van der Waals surface area contributed by atoms with E-state index in [1.807, 2.05) is 6.92 Å². The van der Waals surface area contributed by atoms with Crippen LogP contribution in [-0.4, -0.2) is 6.10 Å². The molecule has 1 nitrogen and oxygen atoms in total. The SMILES string of the molecule is CCCCCc1ccc(C2CCC(OCc3ccc(CCC)c(F)c3F)CC2)c(F)c1F. The van der Waals surface area contributed by atoms with Crippen LogP contribution in [0.4, 0.5) is 17.6 Å². The molecule has 0 bridgehead atoms. The molecule has 32 heavy (non-hydrogen) atoms. The van der Waals surface area contributed by atoms with Crippen LogP contribution in [-0.2, 0) is 24.2 Å². The van der Waals surface area contributed by atoms with Crippen LogP contribution in [0, 0.1) is 23.3 Å². The molecule has 0 atom stereocenters. The molecule has 0 N–H and O–H groups in total. The van der Waals surface area contributed by atoms with E-state index in [9.17, 15) is 17.6 Å². The Morgan fingerprint density at radius 3 is 1.97 bits per heavy atom. The van der Waals surface area contributed by atoms with Gasteiger partial charge in [-0.05, 0) is 67.6 Å². The first-order chi connectivity index (χ1) is 15.5. The van der Waals surface area contributed by atoms with E-state index in [1.165, 1.54) is 0 Å². The van der Waals surface area contributed by atoms with Crippen molar-refractivity contribution in [2.24, 2.45) is 0 Å². The minimum absolute atomic E-state index is 0.0138. The first-order valence-corrected chi connectivity index (χ1v) is 12.0. The normalized spacial score (nSPS) is 18.8. The highest BCUT2D eigenvalue weighted by Gasteiger charge is 2.27. The summed E-state index contributed by atoms with van der Waals surface area (Å²) < 4.78 is 63.5. The quantitative estimate of drug-likeness (QED) is 0.262. The average molecular weight is 451 g/mol. The first-order valence-electron chi connectivity index (χ1n) is 12.0. The molecule has 5 heteroatoms. The van der Waals surface area contributed by atoms with E-state index < -0.39 is 23.3 Å². The second-order valence-electron chi connectivity index (χ2n) is 8.95. The maximum atomic E-state index is 14.7. The van der Waals surface area contributed by atoms with Crippen molar-refractivity contribution in [1.82, 2.24) is 0 Å². The van der Waals surface area contributed by atoms with Gasteiger partial charge in [-0.1, -0.05) is 57.4 Å². The van der Waals surface area contributed by atoms with Gasteiger partial charge in [0.25, 0.3) is 0 Å². The van der Waals surface area contributed by atoms with Gasteiger partial charge in [-0.2, -0.15) is 0 Å². The molecular weight excluding hydrogens is 416 g/mol. The van der Waals surface area contributed by atoms with Gasteiger partial charge in [-0.15, -0.1) is 0 Å². The van der Waals surface area contributed by atoms with E-state index in [0.29, 0.717) is 55.2 Å². The fourth-order valence-corrected chi connectivity index (χ4v) is 4.63. The highest BCUT2D eigenvalue weighted by atomic mass is 19.2. The van der Waals surface area contributed by atoms with E-state index in [0.717, 1.165) is 25.7 Å². The van der Waals surface area contributed by atoms with E-state index in [2.05, 4.69) is 6.92 Å². The minimum atomic E-state index is -0.832. The maximum absolute atomic E-state index is 14.7. The number of aryl methyl sites for hydroxylation is 2. The molecule has 0 amide bonds. The third-order valence-corrected chi connectivity index (χ3v) is 6.59. The average Bonchev–Trinajstić information content (AvgIpc) is 2.80. The molecule has 0 spiro atoms. The lowest BCUT2D eigenvalue weighted by Crippen LogP contribution is -2.22. The smallest absolute Gasteiger partial charge is 0.164 e. The van der Waals surface area contributed by atoms with E-state index in [1.54, 1.807) is 24.3 Å². The van der Waals surface area contributed by atoms with Crippen molar-refractivity contribution in [2.45, 2.75) is 96.7 Å². The Balaban J connectivity index is 1.54. The molecule has 1 aliphatic carbocycles. The topological polar surface area (TPSA) is 9.23 Å². The van der Waals surface area contributed by atoms with Gasteiger partial charge in [0.05, 0.1) is 12.7 Å². The van der Waals surface area contributed by atoms with Crippen LogP contribution in [0.5, 0.6) is 0 Å². The third kappa shape index (κ3) is 5.92. The number of hydrogen-bond donors (Lipinski definition) is 0. The Hall–Kier alpha value is -1.88. The molecule has 2 aromatic carbocycles. The van der Waals surface area contributed by atoms with Crippen LogP contribution < -0.4 is 0 Å². The maximum Gasteiger partial charge on any atom is 0.164 e. The van der Waals surface area contributed by atoms with Crippen molar-refractivity contribution >= 4 is 0 Å². The molecule has 176 valence electrons. The van der Waals surface area contributed by atoms with Crippen LogP contribution >= 0.6 is 0 Å². The fraction of sp³-hybridized carbons (Fsp3) is 0.556. The molecule has 1 saturated carbocycles. The molecule has 0 saturated heterocycles. The summed E-state index contributed by atoms with van der Waals surface area (Å²) in [5, 5.41) is 0. The van der Waals surface area contributed by atoms with E-state index in [-0.39, 0.29) is 24.2 Å². The van der Waals surface area contributed by atoms with Gasteiger partial charge >= 0.3 is 0 Å². The van der Waals surface area contributed by atoms with Crippen LogP contribution in [0.1, 0.15) is 93.4 Å². The molecule has 0 unspecified atom stereocenters. The summed E-state index contributed by atoms with van der Waals surface area (Å²) in [6.07, 6.45) is 7.37. The van der Waals surface area contributed by atoms with Gasteiger partial charge in [0.1, 0.15) is 0 Å². The summed E-state index contributed by atoms with van der Waals surface area (Å²) >= 11 is 0. The zero-order valence-corrected chi connectivity index (χ0v) is 19.2. The van der Waals surface area contributed by atoms with Gasteiger partial charge < -0.3 is 4.74 Å². The minimum Gasteiger partial charge on any atom is -0.373 e. The summed E-state index contributed by atoms with van der Waals surface area (Å²) in [6, 6.07) is 6.68. The zero-order valence-electron chi connectivity index (χ0n) is 19.2. The zero-order chi connectivity index (χ0) is 23.1. The van der Waals surface area contributed by atoms with Crippen LogP contribution in [0.25, 0.3) is 0 Å². The molecule has 0 aromatic heterocycles. The lowest BCUT2D eigenvalue weighted by Gasteiger charge is -2.29. The standard InChI is InChI=1S/C27H34F4O/c1-3-5-6-8-20-13-16-23(27(31)25(20)29)18-11-14-22(15-12-18)32-17-21-10-9-19(7-4-2)24(28)26(21)30/h9-10,13,16,18,22H,3-8,11-12,14-15,17H2,1-2H3. The van der Waals surface area contributed by atoms with Crippen molar-refractivity contribution in [3.8, 4) is 0 Å². The molecule has 0 heterocycles. The van der Waals surface area contributed by atoms with Gasteiger partial charge in [0, 0.05) is 5.56 Å². The van der Waals surface area contributed by atoms with Crippen molar-refractivity contribution in [1.29, 1.82) is 0 Å². The molecule has 0 aliphatic heterocycles. The van der Waals surface area contributed by atoms with Crippen molar-refractivity contribution in [3.63, 3.8) is 0 Å². The number of ether oxygens (including phenoxy) is 1. The van der Waals surface area contributed by atoms with Crippen molar-refractivity contribution < 1.29 is 22.3 Å². The van der Waals surface area contributed by atoms with E-state index in [4.69, 9.17) is 4.74 Å². The van der Waals surface area contributed by atoms with Gasteiger partial charge in [0.2, 0.25) is 0 Å². The Labute approximate surface area is 189 Å². The highest BCUT2D eigenvalue weighted by molar-refractivity contribution is 5.30. The molecule has 1 aliphatic rings. The lowest BCUT2D eigenvalue weighted by molar-refractivity contribution is 0.0116. The lowest BCUT2D eigenvalue weighted by atomic mass is 9.82. The summed E-state index contributed by atoms with van der Waals surface area (Å²) in [6.45, 7) is 4.02. The van der Waals surface area contributed by atoms with E-state index >= 15 is 0 Å². The number of unbranched alkanes of at least 4 members (excludes halogenated alkanes) is 2. The predicted molar refractivity (Wildman–Crippen MR) is 120 cm³/mol. The summed E-state index contributed by atoms with van der Waals surface area (Å²) in [4.78, 5) is 0. The number of benzene rings is 2. The number of hydrogen-bond acceptors (Lipinski definition) is 1. The van der Waals surface area contributed by atoms with Crippen LogP contribution in [0.2, 0.25) is 0 Å². The molecule has 0 radical (unpaired) electrons. The third-order valence-electron chi connectivity index (χ3n) is 6.59. The first kappa shape index (κ1) is 24.8. The number of halogens is 4. The monoisotopic (exact) mass is 450 g/mol. The van der Waals surface area contributed by atoms with Gasteiger partial charge in [0.15, 0.2) is 23.3 Å². The van der Waals surface area contributed by atoms with Gasteiger partial charge in [-0.25, -0.2) is 17.6 Å². The summed E-state index contributed by atoms with van der Waals surface area (Å²) in [5.41, 5.74) is 1.51. The Kier molecular flexibility index (Phi) is 9.15. The largest absolute Gasteiger partial charge is 0.373 e. The predicted octanol–water partition coefficient (Wildman–Crippen LogP) is 8.17. The highest BCUT2D eigenvalue weighted by Crippen LogP contribution is 2.37. The summed E-state index contributed by atoms with van der Waals surface area (Å²) in [7, 11) is 0. The van der Waals surface area contributed by atoms with Gasteiger partial charge in [-0.3, -0.25) is 0 Å². The molecule has 2 aromatic rings. The summed E-state index contributed by atoms with van der Waals surface area (Å²) in [5.74, 6) is -3.08. The van der Waals surface area contributed by atoms with Crippen LogP contribution in [0.3, 0.4) is 0 Å². The van der Waals surface area contributed by atoms with Crippen LogP contribution in [0.15, 0.2) is 24.3 Å². The Bertz CT molecular complexity index is 888. The number of rotatable bonds is 10. The van der Waals surface area contributed by atoms with Crippen molar-refractivity contribution in [3.05, 3.63) is 69.8 Å². The fourth-order valence-electron chi connectivity index (χ4n) is 4.63. The Morgan fingerprint density at radius 2 is 1.28 bits per heavy atom. The molecule has 1 fully saturated rings. The molecule has 3 rings (SSSR count).